The van der Waals surface area contributed by atoms with Crippen LogP contribution in [0.5, 0.6) is 0 Å². The molecule has 126 valence electrons. The first-order valence-electron chi connectivity index (χ1n) is 8.30. The van der Waals surface area contributed by atoms with E-state index in [1.807, 2.05) is 24.0 Å². The minimum Gasteiger partial charge on any atom is -0.366 e. The van der Waals surface area contributed by atoms with E-state index in [9.17, 15) is 4.79 Å². The number of carbonyl (C=O) groups excluding carboxylic acids is 1. The van der Waals surface area contributed by atoms with E-state index in [-0.39, 0.29) is 17.3 Å². The van der Waals surface area contributed by atoms with Gasteiger partial charge in [-0.25, -0.2) is 4.98 Å². The summed E-state index contributed by atoms with van der Waals surface area (Å²) in [5.74, 6) is 1.68. The quantitative estimate of drug-likeness (QED) is 0.922. The molecule has 0 aliphatic carbocycles. The van der Waals surface area contributed by atoms with Gasteiger partial charge in [-0.1, -0.05) is 25.1 Å². The molecule has 1 N–H and O–H groups in total. The maximum Gasteiger partial charge on any atom is 0.236 e. The molecule has 0 radical (unpaired) electrons. The molecule has 24 heavy (non-hydrogen) atoms. The number of aryl methyl sites for hydroxylation is 1. The van der Waals surface area contributed by atoms with Crippen LogP contribution in [0.3, 0.4) is 0 Å². The number of benzene rings is 1. The summed E-state index contributed by atoms with van der Waals surface area (Å²) in [5, 5.41) is 7.12. The number of amides is 1. The third-order valence-corrected chi connectivity index (χ3v) is 5.78. The van der Waals surface area contributed by atoms with Gasteiger partial charge in [0.2, 0.25) is 5.91 Å². The second-order valence-corrected chi connectivity index (χ2v) is 7.30. The van der Waals surface area contributed by atoms with Gasteiger partial charge < -0.3 is 9.64 Å². The summed E-state index contributed by atoms with van der Waals surface area (Å²) in [5.41, 5.74) is 1.27. The smallest absolute Gasteiger partial charge is 0.236 e. The maximum absolute atomic E-state index is 12.9. The van der Waals surface area contributed by atoms with Crippen molar-refractivity contribution >= 4 is 17.7 Å². The van der Waals surface area contributed by atoms with Gasteiger partial charge in [0.15, 0.2) is 5.82 Å². The monoisotopic (exact) mass is 344 g/mol. The number of H-pyrrole nitrogens is 1. The van der Waals surface area contributed by atoms with Crippen LogP contribution in [-0.4, -0.2) is 50.9 Å². The van der Waals surface area contributed by atoms with E-state index in [2.05, 4.69) is 27.3 Å². The van der Waals surface area contributed by atoms with E-state index >= 15 is 0 Å². The Labute approximate surface area is 145 Å². The van der Waals surface area contributed by atoms with Gasteiger partial charge in [0.05, 0.1) is 18.4 Å². The van der Waals surface area contributed by atoms with Gasteiger partial charge in [0.25, 0.3) is 0 Å². The zero-order chi connectivity index (χ0) is 16.5. The molecule has 0 unspecified atom stereocenters. The first kappa shape index (κ1) is 15.7. The standard InChI is InChI=1S/C17H20N4O2S/c1-2-15-18-16(20-19-15)12-10-21(7-8-23-12)17(22)14-9-11-5-3-4-6-13(11)24-14/h3-6,12,14H,2,7-10H2,1H3,(H,18,19,20)/t12-,14-/m1/s1. The van der Waals surface area contributed by atoms with Crippen LogP contribution in [-0.2, 0) is 22.4 Å². The highest BCUT2D eigenvalue weighted by molar-refractivity contribution is 8.01. The third kappa shape index (κ3) is 2.93. The average molecular weight is 344 g/mol. The predicted octanol–water partition coefficient (Wildman–Crippen LogP) is 1.98. The molecule has 2 aromatic rings. The Morgan fingerprint density at radius 2 is 2.33 bits per heavy atom. The largest absolute Gasteiger partial charge is 0.366 e. The summed E-state index contributed by atoms with van der Waals surface area (Å²) in [6.45, 7) is 3.70. The van der Waals surface area contributed by atoms with E-state index in [1.165, 1.54) is 10.5 Å². The normalized spacial score (nSPS) is 23.3. The molecule has 0 saturated carbocycles. The highest BCUT2D eigenvalue weighted by Crippen LogP contribution is 2.38. The Hall–Kier alpha value is -1.86. The zero-order valence-corrected chi connectivity index (χ0v) is 14.4. The van der Waals surface area contributed by atoms with Crippen LogP contribution in [0.1, 0.15) is 30.2 Å². The number of aromatic amines is 1. The molecular weight excluding hydrogens is 324 g/mol. The number of nitrogens with zero attached hydrogens (tertiary/aromatic N) is 3. The fraction of sp³-hybridized carbons (Fsp3) is 0.471. The fourth-order valence-electron chi connectivity index (χ4n) is 3.14. The Bertz CT molecular complexity index is 723. The molecule has 1 aromatic carbocycles. The second kappa shape index (κ2) is 6.57. The van der Waals surface area contributed by atoms with Crippen LogP contribution in [0, 0.1) is 0 Å². The third-order valence-electron chi connectivity index (χ3n) is 4.47. The van der Waals surface area contributed by atoms with Crippen LogP contribution in [0.15, 0.2) is 29.2 Å². The summed E-state index contributed by atoms with van der Waals surface area (Å²) in [4.78, 5) is 20.5. The highest BCUT2D eigenvalue weighted by Gasteiger charge is 2.35. The number of nitrogens with one attached hydrogen (secondary N) is 1. The lowest BCUT2D eigenvalue weighted by Crippen LogP contribution is -2.46. The van der Waals surface area contributed by atoms with Gasteiger partial charge in [-0.2, -0.15) is 5.10 Å². The van der Waals surface area contributed by atoms with Gasteiger partial charge >= 0.3 is 0 Å². The van der Waals surface area contributed by atoms with Crippen molar-refractivity contribution in [3.05, 3.63) is 41.5 Å². The molecule has 1 fully saturated rings. The number of hydrogen-bond acceptors (Lipinski definition) is 5. The molecule has 7 heteroatoms. The number of ether oxygens (including phenoxy) is 1. The minimum absolute atomic E-state index is 0.0282. The van der Waals surface area contributed by atoms with Crippen LogP contribution < -0.4 is 0 Å². The van der Waals surface area contributed by atoms with Gasteiger partial charge in [0.1, 0.15) is 11.9 Å². The van der Waals surface area contributed by atoms with E-state index in [0.717, 1.165) is 18.7 Å². The Balaban J connectivity index is 1.44. The summed E-state index contributed by atoms with van der Waals surface area (Å²) in [7, 11) is 0. The lowest BCUT2D eigenvalue weighted by Gasteiger charge is -2.33. The van der Waals surface area contributed by atoms with Crippen LogP contribution in [0.2, 0.25) is 0 Å². The van der Waals surface area contributed by atoms with Crippen molar-refractivity contribution in [3.8, 4) is 0 Å². The highest BCUT2D eigenvalue weighted by atomic mass is 32.2. The molecular formula is C17H20N4O2S. The molecule has 6 nitrogen and oxygen atoms in total. The van der Waals surface area contributed by atoms with Crippen LogP contribution >= 0.6 is 11.8 Å². The van der Waals surface area contributed by atoms with Gasteiger partial charge in [-0.05, 0) is 18.1 Å². The Morgan fingerprint density at radius 3 is 3.12 bits per heavy atom. The number of rotatable bonds is 3. The fourth-order valence-corrected chi connectivity index (χ4v) is 4.42. The lowest BCUT2D eigenvalue weighted by atomic mass is 10.1. The summed E-state index contributed by atoms with van der Waals surface area (Å²) in [6, 6.07) is 8.26. The van der Waals surface area contributed by atoms with Crippen molar-refractivity contribution in [2.75, 3.05) is 19.7 Å². The Morgan fingerprint density at radius 1 is 1.46 bits per heavy atom. The summed E-state index contributed by atoms with van der Waals surface area (Å²) >= 11 is 1.67. The SMILES string of the molecule is CCc1nc([C@H]2CN(C(=O)[C@H]3Cc4ccccc4S3)CCO2)n[nH]1. The number of thioether (sulfide) groups is 1. The van der Waals surface area contributed by atoms with E-state index < -0.39 is 0 Å². The van der Waals surface area contributed by atoms with Crippen molar-refractivity contribution in [1.29, 1.82) is 0 Å². The molecule has 4 rings (SSSR count). The minimum atomic E-state index is -0.243. The number of aromatic nitrogens is 3. The number of carbonyl (C=O) groups is 1. The van der Waals surface area contributed by atoms with Crippen LogP contribution in [0.4, 0.5) is 0 Å². The molecule has 2 aliphatic rings. The molecule has 2 atom stereocenters. The van der Waals surface area contributed by atoms with Crippen molar-refractivity contribution in [2.24, 2.45) is 0 Å². The van der Waals surface area contributed by atoms with E-state index in [4.69, 9.17) is 4.74 Å². The van der Waals surface area contributed by atoms with Crippen molar-refractivity contribution in [3.63, 3.8) is 0 Å². The predicted molar refractivity (Wildman–Crippen MR) is 90.8 cm³/mol. The first-order valence-corrected chi connectivity index (χ1v) is 9.18. The molecule has 0 bridgehead atoms. The first-order chi connectivity index (χ1) is 11.7. The lowest BCUT2D eigenvalue weighted by molar-refractivity contribution is -0.138. The topological polar surface area (TPSA) is 71.1 Å². The number of hydrogen-bond donors (Lipinski definition) is 1. The van der Waals surface area contributed by atoms with Crippen LogP contribution in [0.25, 0.3) is 0 Å². The van der Waals surface area contributed by atoms with Crippen molar-refractivity contribution in [2.45, 2.75) is 36.0 Å². The molecule has 2 aliphatic heterocycles. The average Bonchev–Trinajstić information content (AvgIpc) is 3.27. The van der Waals surface area contributed by atoms with Crippen molar-refractivity contribution in [1.82, 2.24) is 20.1 Å². The van der Waals surface area contributed by atoms with E-state index in [0.29, 0.717) is 25.5 Å². The second-order valence-electron chi connectivity index (χ2n) is 6.06. The van der Waals surface area contributed by atoms with Gasteiger partial charge in [0, 0.05) is 17.9 Å². The maximum atomic E-state index is 12.9. The molecule has 3 heterocycles. The molecule has 1 saturated heterocycles. The van der Waals surface area contributed by atoms with E-state index in [1.54, 1.807) is 11.8 Å². The molecule has 0 spiro atoms. The molecule has 1 aromatic heterocycles. The molecule has 1 amide bonds. The number of morpholine rings is 1. The van der Waals surface area contributed by atoms with Gasteiger partial charge in [-0.15, -0.1) is 11.8 Å². The summed E-state index contributed by atoms with van der Waals surface area (Å²) in [6.07, 6.45) is 1.37. The Kier molecular flexibility index (Phi) is 4.28. The van der Waals surface area contributed by atoms with Crippen molar-refractivity contribution < 1.29 is 9.53 Å². The zero-order valence-electron chi connectivity index (χ0n) is 13.6. The van der Waals surface area contributed by atoms with Gasteiger partial charge in [-0.3, -0.25) is 9.89 Å². The number of fused-ring (bicyclic) bond motifs is 1. The summed E-state index contributed by atoms with van der Waals surface area (Å²) < 4.78 is 5.78.